The largest absolute Gasteiger partial charge is 0.366 e. The van der Waals surface area contributed by atoms with Gasteiger partial charge in [0.25, 0.3) is 0 Å². The van der Waals surface area contributed by atoms with Gasteiger partial charge >= 0.3 is 0 Å². The Bertz CT molecular complexity index is 857. The van der Waals surface area contributed by atoms with Crippen molar-refractivity contribution >= 4 is 17.4 Å². The molecular formula is C25H36ClFN4. The SMILES string of the molecule is CC(C)(C)CCCNCC1(C)CCC(Nc2cc(-c3cc(F)ccc3Cl)cnn2)CC1. The fourth-order valence-electron chi connectivity index (χ4n) is 4.28. The fraction of sp³-hybridized carbons (Fsp3) is 0.600. The molecule has 170 valence electrons. The molecule has 0 bridgehead atoms. The van der Waals surface area contributed by atoms with Crippen LogP contribution in [0.15, 0.2) is 30.5 Å². The number of hydrogen-bond donors (Lipinski definition) is 2. The Morgan fingerprint density at radius 1 is 1.19 bits per heavy atom. The van der Waals surface area contributed by atoms with Gasteiger partial charge < -0.3 is 10.6 Å². The predicted molar refractivity (Wildman–Crippen MR) is 128 cm³/mol. The number of halogens is 2. The van der Waals surface area contributed by atoms with Crippen molar-refractivity contribution in [2.75, 3.05) is 18.4 Å². The molecule has 4 nitrogen and oxygen atoms in total. The van der Waals surface area contributed by atoms with Gasteiger partial charge in [0.15, 0.2) is 0 Å². The van der Waals surface area contributed by atoms with E-state index in [9.17, 15) is 4.39 Å². The lowest BCUT2D eigenvalue weighted by Crippen LogP contribution is -2.39. The summed E-state index contributed by atoms with van der Waals surface area (Å²) in [5.74, 6) is 0.399. The molecule has 1 saturated carbocycles. The summed E-state index contributed by atoms with van der Waals surface area (Å²) in [6.07, 6.45) is 8.67. The van der Waals surface area contributed by atoms with Crippen molar-refractivity contribution in [3.05, 3.63) is 41.3 Å². The Hall–Kier alpha value is -1.72. The Kier molecular flexibility index (Phi) is 7.92. The molecule has 0 unspecified atom stereocenters. The maximum atomic E-state index is 13.6. The lowest BCUT2D eigenvalue weighted by atomic mass is 9.74. The number of nitrogens with one attached hydrogen (secondary N) is 2. The lowest BCUT2D eigenvalue weighted by Gasteiger charge is -2.38. The van der Waals surface area contributed by atoms with E-state index >= 15 is 0 Å². The highest BCUT2D eigenvalue weighted by atomic mass is 35.5. The summed E-state index contributed by atoms with van der Waals surface area (Å²) in [4.78, 5) is 0. The smallest absolute Gasteiger partial charge is 0.149 e. The average molecular weight is 447 g/mol. The van der Waals surface area contributed by atoms with E-state index in [1.165, 1.54) is 37.8 Å². The third-order valence-corrected chi connectivity index (χ3v) is 6.60. The van der Waals surface area contributed by atoms with Crippen LogP contribution in [0.3, 0.4) is 0 Å². The molecule has 2 N–H and O–H groups in total. The number of hydrogen-bond acceptors (Lipinski definition) is 4. The first-order chi connectivity index (χ1) is 14.6. The third-order valence-electron chi connectivity index (χ3n) is 6.27. The molecule has 1 aromatic heterocycles. The van der Waals surface area contributed by atoms with Crippen LogP contribution >= 0.6 is 11.6 Å². The summed E-state index contributed by atoms with van der Waals surface area (Å²) in [6.45, 7) is 11.5. The second-order valence-corrected chi connectivity index (χ2v) is 10.9. The van der Waals surface area contributed by atoms with E-state index in [2.05, 4.69) is 48.5 Å². The van der Waals surface area contributed by atoms with E-state index in [1.54, 1.807) is 12.3 Å². The maximum Gasteiger partial charge on any atom is 0.149 e. The molecule has 0 radical (unpaired) electrons. The van der Waals surface area contributed by atoms with Gasteiger partial charge in [-0.15, -0.1) is 5.10 Å². The topological polar surface area (TPSA) is 49.8 Å². The van der Waals surface area contributed by atoms with Crippen molar-refractivity contribution in [3.8, 4) is 11.1 Å². The quantitative estimate of drug-likeness (QED) is 0.442. The molecule has 1 heterocycles. The Morgan fingerprint density at radius 2 is 1.94 bits per heavy atom. The Balaban J connectivity index is 1.49. The van der Waals surface area contributed by atoms with Gasteiger partial charge in [-0.2, -0.15) is 5.10 Å². The van der Waals surface area contributed by atoms with Crippen LogP contribution in [0.1, 0.15) is 66.2 Å². The van der Waals surface area contributed by atoms with Gasteiger partial charge in [-0.25, -0.2) is 4.39 Å². The van der Waals surface area contributed by atoms with Gasteiger partial charge in [-0.3, -0.25) is 0 Å². The minimum Gasteiger partial charge on any atom is -0.366 e. The van der Waals surface area contributed by atoms with E-state index in [4.69, 9.17) is 11.6 Å². The zero-order valence-electron chi connectivity index (χ0n) is 19.3. The van der Waals surface area contributed by atoms with E-state index in [1.807, 2.05) is 6.07 Å². The van der Waals surface area contributed by atoms with Crippen molar-refractivity contribution in [2.24, 2.45) is 10.8 Å². The molecule has 1 aromatic carbocycles. The standard InChI is InChI=1S/C25H36ClFN4/c1-24(2,3)10-5-13-28-17-25(4)11-8-20(9-12-25)30-23-14-18(16-29-31-23)21-15-19(27)6-7-22(21)26/h6-7,14-16,20,28H,5,8-13,17H2,1-4H3,(H,30,31). The molecular weight excluding hydrogens is 411 g/mol. The Morgan fingerprint density at radius 3 is 2.65 bits per heavy atom. The van der Waals surface area contributed by atoms with Gasteiger partial charge in [0.1, 0.15) is 11.6 Å². The molecule has 0 amide bonds. The second kappa shape index (κ2) is 10.3. The van der Waals surface area contributed by atoms with Crippen LogP contribution in [0.4, 0.5) is 10.2 Å². The van der Waals surface area contributed by atoms with E-state index in [0.29, 0.717) is 33.3 Å². The van der Waals surface area contributed by atoms with Crippen LogP contribution in [0, 0.1) is 16.6 Å². The van der Waals surface area contributed by atoms with Crippen molar-refractivity contribution in [3.63, 3.8) is 0 Å². The van der Waals surface area contributed by atoms with Crippen LogP contribution in [-0.2, 0) is 0 Å². The van der Waals surface area contributed by atoms with Gasteiger partial charge in [-0.05, 0) is 80.2 Å². The van der Waals surface area contributed by atoms with Crippen LogP contribution in [0.2, 0.25) is 5.02 Å². The van der Waals surface area contributed by atoms with Gasteiger partial charge in [-0.1, -0.05) is 39.3 Å². The Labute approximate surface area is 191 Å². The summed E-state index contributed by atoms with van der Waals surface area (Å²) in [7, 11) is 0. The maximum absolute atomic E-state index is 13.6. The molecule has 3 rings (SSSR count). The number of aromatic nitrogens is 2. The minimum absolute atomic E-state index is 0.315. The molecule has 0 aliphatic heterocycles. The van der Waals surface area contributed by atoms with E-state index < -0.39 is 0 Å². The first-order valence-corrected chi connectivity index (χ1v) is 11.8. The summed E-state index contributed by atoms with van der Waals surface area (Å²) in [5, 5.41) is 16.0. The number of anilines is 1. The molecule has 31 heavy (non-hydrogen) atoms. The van der Waals surface area contributed by atoms with Crippen LogP contribution < -0.4 is 10.6 Å². The third kappa shape index (κ3) is 7.43. The minimum atomic E-state index is -0.315. The zero-order valence-corrected chi connectivity index (χ0v) is 20.0. The molecule has 0 spiro atoms. The van der Waals surface area contributed by atoms with Crippen LogP contribution in [0.25, 0.3) is 11.1 Å². The first kappa shape index (κ1) is 23.9. The highest BCUT2D eigenvalue weighted by Gasteiger charge is 2.31. The molecule has 6 heteroatoms. The van der Waals surface area contributed by atoms with Crippen molar-refractivity contribution in [1.29, 1.82) is 0 Å². The number of nitrogens with zero attached hydrogens (tertiary/aromatic N) is 2. The zero-order chi connectivity index (χ0) is 22.5. The van der Waals surface area contributed by atoms with Crippen LogP contribution in [0.5, 0.6) is 0 Å². The predicted octanol–water partition coefficient (Wildman–Crippen LogP) is 6.71. The molecule has 0 saturated heterocycles. The fourth-order valence-corrected chi connectivity index (χ4v) is 4.51. The van der Waals surface area contributed by atoms with Crippen LogP contribution in [-0.4, -0.2) is 29.3 Å². The normalized spacial score (nSPS) is 21.8. The van der Waals surface area contributed by atoms with E-state index in [0.717, 1.165) is 31.5 Å². The summed E-state index contributed by atoms with van der Waals surface area (Å²) in [5.41, 5.74) is 2.16. The highest BCUT2D eigenvalue weighted by Crippen LogP contribution is 2.36. The summed E-state index contributed by atoms with van der Waals surface area (Å²) >= 11 is 6.25. The number of rotatable bonds is 8. The van der Waals surface area contributed by atoms with Gasteiger partial charge in [0.05, 0.1) is 6.20 Å². The van der Waals surface area contributed by atoms with E-state index in [-0.39, 0.29) is 5.82 Å². The van der Waals surface area contributed by atoms with Crippen molar-refractivity contribution in [1.82, 2.24) is 15.5 Å². The van der Waals surface area contributed by atoms with Crippen molar-refractivity contribution in [2.45, 2.75) is 72.3 Å². The molecule has 2 aromatic rings. The van der Waals surface area contributed by atoms with Gasteiger partial charge in [0.2, 0.25) is 0 Å². The van der Waals surface area contributed by atoms with Crippen molar-refractivity contribution < 1.29 is 4.39 Å². The average Bonchev–Trinajstić information content (AvgIpc) is 2.71. The summed E-state index contributed by atoms with van der Waals surface area (Å²) < 4.78 is 13.6. The molecule has 1 fully saturated rings. The van der Waals surface area contributed by atoms with Gasteiger partial charge in [0, 0.05) is 28.7 Å². The molecule has 1 aliphatic rings. The number of benzene rings is 1. The monoisotopic (exact) mass is 446 g/mol. The first-order valence-electron chi connectivity index (χ1n) is 11.4. The second-order valence-electron chi connectivity index (χ2n) is 10.5. The lowest BCUT2D eigenvalue weighted by molar-refractivity contribution is 0.197. The summed E-state index contributed by atoms with van der Waals surface area (Å²) in [6, 6.07) is 6.64. The highest BCUT2D eigenvalue weighted by molar-refractivity contribution is 6.33. The molecule has 1 aliphatic carbocycles. The molecule has 0 atom stereocenters.